The zero-order chi connectivity index (χ0) is 8.15. The molecule has 0 aromatic rings. The Balaban J connectivity index is 4.08. The van der Waals surface area contributed by atoms with Gasteiger partial charge < -0.3 is 4.90 Å². The molecule has 0 rings (SSSR count). The smallest absolute Gasteiger partial charge is 0.226 e. The zero-order valence-corrected chi connectivity index (χ0v) is 7.14. The van der Waals surface area contributed by atoms with Crippen LogP contribution in [0.5, 0.6) is 0 Å². The van der Waals surface area contributed by atoms with Crippen LogP contribution in [-0.2, 0) is 4.79 Å². The molecular formula is C8H15NO. The molecule has 0 spiro atoms. The molecule has 0 saturated heterocycles. The Morgan fingerprint density at radius 3 is 2.40 bits per heavy atom. The van der Waals surface area contributed by atoms with E-state index in [0.29, 0.717) is 6.42 Å². The molecule has 0 aliphatic heterocycles. The second-order valence-corrected chi connectivity index (χ2v) is 2.24. The fraction of sp³-hybridized carbons (Fsp3) is 0.625. The highest BCUT2D eigenvalue weighted by atomic mass is 16.2. The van der Waals surface area contributed by atoms with Crippen molar-refractivity contribution < 1.29 is 4.79 Å². The molecule has 0 bridgehead atoms. The molecule has 0 fully saturated rings. The van der Waals surface area contributed by atoms with E-state index in [9.17, 15) is 4.79 Å². The van der Waals surface area contributed by atoms with Gasteiger partial charge in [-0.15, -0.1) is 0 Å². The van der Waals surface area contributed by atoms with Crippen LogP contribution >= 0.6 is 0 Å². The summed E-state index contributed by atoms with van der Waals surface area (Å²) in [5.74, 6) is 0.163. The molecule has 0 saturated carbocycles. The lowest BCUT2D eigenvalue weighted by atomic mass is 10.3. The maximum Gasteiger partial charge on any atom is 0.226 e. The van der Waals surface area contributed by atoms with Crippen molar-refractivity contribution in [1.29, 1.82) is 0 Å². The number of rotatable bonds is 2. The number of nitrogens with zero attached hydrogens (tertiary/aromatic N) is 1. The Hall–Kier alpha value is -0.790. The van der Waals surface area contributed by atoms with Gasteiger partial charge in [-0.25, -0.2) is 0 Å². The van der Waals surface area contributed by atoms with Crippen LogP contribution in [0.1, 0.15) is 27.2 Å². The summed E-state index contributed by atoms with van der Waals surface area (Å²) in [5.41, 5.74) is 1.01. The van der Waals surface area contributed by atoms with Crippen LogP contribution in [-0.4, -0.2) is 17.9 Å². The first-order valence-corrected chi connectivity index (χ1v) is 3.53. The summed E-state index contributed by atoms with van der Waals surface area (Å²) >= 11 is 0. The van der Waals surface area contributed by atoms with E-state index in [1.807, 2.05) is 26.8 Å². The molecule has 2 heteroatoms. The minimum absolute atomic E-state index is 0.163. The van der Waals surface area contributed by atoms with Gasteiger partial charge in [0.2, 0.25) is 5.91 Å². The summed E-state index contributed by atoms with van der Waals surface area (Å²) in [6.45, 7) is 5.71. The van der Waals surface area contributed by atoms with Crippen LogP contribution in [0.25, 0.3) is 0 Å². The molecule has 0 aromatic heterocycles. The molecule has 0 heterocycles. The topological polar surface area (TPSA) is 20.3 Å². The highest BCUT2D eigenvalue weighted by molar-refractivity contribution is 5.77. The van der Waals surface area contributed by atoms with Gasteiger partial charge in [-0.2, -0.15) is 0 Å². The van der Waals surface area contributed by atoms with Crippen molar-refractivity contribution in [2.24, 2.45) is 0 Å². The van der Waals surface area contributed by atoms with E-state index in [4.69, 9.17) is 0 Å². The monoisotopic (exact) mass is 141 g/mol. The second kappa shape index (κ2) is 4.09. The number of carbonyl (C=O) groups excluding carboxylic acids is 1. The van der Waals surface area contributed by atoms with Gasteiger partial charge in [-0.05, 0) is 13.8 Å². The number of carbonyl (C=O) groups is 1. The van der Waals surface area contributed by atoms with Gasteiger partial charge in [0.25, 0.3) is 0 Å². The van der Waals surface area contributed by atoms with Gasteiger partial charge in [0.1, 0.15) is 0 Å². The summed E-state index contributed by atoms with van der Waals surface area (Å²) in [6, 6.07) is 0. The standard InChI is InChI=1S/C8H15NO/c1-5-7(3)9(4)8(10)6-2/h5H,6H2,1-4H3. The van der Waals surface area contributed by atoms with E-state index in [1.165, 1.54) is 0 Å². The fourth-order valence-corrected chi connectivity index (χ4v) is 0.628. The van der Waals surface area contributed by atoms with Gasteiger partial charge in [-0.3, -0.25) is 4.79 Å². The first kappa shape index (κ1) is 9.21. The average molecular weight is 141 g/mol. The predicted octanol–water partition coefficient (Wildman–Crippen LogP) is 1.78. The number of hydrogen-bond acceptors (Lipinski definition) is 1. The van der Waals surface area contributed by atoms with Crippen molar-refractivity contribution in [2.75, 3.05) is 7.05 Å². The van der Waals surface area contributed by atoms with Gasteiger partial charge in [0, 0.05) is 19.2 Å². The largest absolute Gasteiger partial charge is 0.320 e. The maximum atomic E-state index is 11.0. The summed E-state index contributed by atoms with van der Waals surface area (Å²) in [5, 5.41) is 0. The fourth-order valence-electron chi connectivity index (χ4n) is 0.628. The number of hydrogen-bond donors (Lipinski definition) is 0. The van der Waals surface area contributed by atoms with E-state index >= 15 is 0 Å². The Bertz CT molecular complexity index is 149. The minimum atomic E-state index is 0.163. The van der Waals surface area contributed by atoms with Crippen LogP contribution < -0.4 is 0 Å². The van der Waals surface area contributed by atoms with Crippen molar-refractivity contribution in [3.8, 4) is 0 Å². The zero-order valence-electron chi connectivity index (χ0n) is 7.14. The Morgan fingerprint density at radius 2 is 2.10 bits per heavy atom. The first-order valence-electron chi connectivity index (χ1n) is 3.53. The lowest BCUT2D eigenvalue weighted by Crippen LogP contribution is -2.23. The molecule has 58 valence electrons. The number of allylic oxidation sites excluding steroid dienone is 2. The van der Waals surface area contributed by atoms with E-state index in [1.54, 1.807) is 11.9 Å². The van der Waals surface area contributed by atoms with E-state index < -0.39 is 0 Å². The summed E-state index contributed by atoms with van der Waals surface area (Å²) in [7, 11) is 1.79. The molecule has 1 amide bonds. The molecule has 0 unspecified atom stereocenters. The number of amides is 1. The second-order valence-electron chi connectivity index (χ2n) is 2.24. The molecule has 0 aliphatic rings. The van der Waals surface area contributed by atoms with E-state index in [0.717, 1.165) is 5.70 Å². The third-order valence-electron chi connectivity index (χ3n) is 1.62. The maximum absolute atomic E-state index is 11.0. The van der Waals surface area contributed by atoms with E-state index in [2.05, 4.69) is 0 Å². The summed E-state index contributed by atoms with van der Waals surface area (Å²) < 4.78 is 0. The molecule has 0 aromatic carbocycles. The lowest BCUT2D eigenvalue weighted by molar-refractivity contribution is -0.127. The highest BCUT2D eigenvalue weighted by Crippen LogP contribution is 2.00. The predicted molar refractivity (Wildman–Crippen MR) is 42.5 cm³/mol. The molecular weight excluding hydrogens is 126 g/mol. The molecule has 0 N–H and O–H groups in total. The first-order chi connectivity index (χ1) is 4.63. The van der Waals surface area contributed by atoms with Gasteiger partial charge in [0.15, 0.2) is 0 Å². The summed E-state index contributed by atoms with van der Waals surface area (Å²) in [4.78, 5) is 12.7. The van der Waals surface area contributed by atoms with Crippen molar-refractivity contribution in [1.82, 2.24) is 4.90 Å². The molecule has 2 nitrogen and oxygen atoms in total. The van der Waals surface area contributed by atoms with Crippen LogP contribution in [0.15, 0.2) is 11.8 Å². The minimum Gasteiger partial charge on any atom is -0.320 e. The third-order valence-corrected chi connectivity index (χ3v) is 1.62. The SMILES string of the molecule is CC=C(C)N(C)C(=O)CC. The van der Waals surface area contributed by atoms with Crippen molar-refractivity contribution in [2.45, 2.75) is 27.2 Å². The Kier molecular flexibility index (Phi) is 3.77. The molecule has 0 radical (unpaired) electrons. The summed E-state index contributed by atoms with van der Waals surface area (Å²) in [6.07, 6.45) is 2.50. The highest BCUT2D eigenvalue weighted by Gasteiger charge is 2.04. The van der Waals surface area contributed by atoms with Gasteiger partial charge >= 0.3 is 0 Å². The van der Waals surface area contributed by atoms with Crippen LogP contribution in [0.4, 0.5) is 0 Å². The molecule has 0 atom stereocenters. The Labute approximate surface area is 62.5 Å². The van der Waals surface area contributed by atoms with Crippen LogP contribution in [0.3, 0.4) is 0 Å². The van der Waals surface area contributed by atoms with Gasteiger partial charge in [-0.1, -0.05) is 13.0 Å². The molecule has 10 heavy (non-hydrogen) atoms. The quantitative estimate of drug-likeness (QED) is 0.574. The lowest BCUT2D eigenvalue weighted by Gasteiger charge is -2.15. The average Bonchev–Trinajstić information content (AvgIpc) is 2.00. The van der Waals surface area contributed by atoms with Crippen LogP contribution in [0, 0.1) is 0 Å². The third kappa shape index (κ3) is 2.21. The van der Waals surface area contributed by atoms with Crippen molar-refractivity contribution in [3.63, 3.8) is 0 Å². The van der Waals surface area contributed by atoms with Crippen LogP contribution in [0.2, 0.25) is 0 Å². The van der Waals surface area contributed by atoms with Gasteiger partial charge in [0.05, 0.1) is 0 Å². The molecule has 0 aliphatic carbocycles. The van der Waals surface area contributed by atoms with E-state index in [-0.39, 0.29) is 5.91 Å². The van der Waals surface area contributed by atoms with Crippen molar-refractivity contribution >= 4 is 5.91 Å². The normalized spacial score (nSPS) is 11.4. The Morgan fingerprint density at radius 1 is 1.60 bits per heavy atom. The van der Waals surface area contributed by atoms with Crippen molar-refractivity contribution in [3.05, 3.63) is 11.8 Å².